The number of hydrogen-bond donors (Lipinski definition) is 1. The van der Waals surface area contributed by atoms with Crippen molar-refractivity contribution in [3.05, 3.63) is 24.3 Å². The summed E-state index contributed by atoms with van der Waals surface area (Å²) in [7, 11) is 1.47. The first-order valence-electron chi connectivity index (χ1n) is 2.82. The molecule has 0 unspecified atom stereocenters. The predicted molar refractivity (Wildman–Crippen MR) is 41.3 cm³/mol. The normalized spacial score (nSPS) is 9.40. The fourth-order valence-electron chi connectivity index (χ4n) is 0.598. The van der Waals surface area contributed by atoms with Crippen molar-refractivity contribution in [1.29, 1.82) is 0 Å². The first-order chi connectivity index (χ1) is 4.83. The van der Waals surface area contributed by atoms with Crippen LogP contribution in [-0.2, 0) is 4.89 Å². The third-order valence-electron chi connectivity index (χ3n) is 1.02. The Hall–Kier alpha value is -0.670. The Balaban J connectivity index is 2.69. The lowest BCUT2D eigenvalue weighted by Gasteiger charge is -1.98. The van der Waals surface area contributed by atoms with E-state index in [1.807, 2.05) is 12.1 Å². The Morgan fingerprint density at radius 1 is 1.20 bits per heavy atom. The van der Waals surface area contributed by atoms with E-state index in [0.29, 0.717) is 5.75 Å². The van der Waals surface area contributed by atoms with Crippen LogP contribution in [0.5, 0.6) is 5.75 Å². The summed E-state index contributed by atoms with van der Waals surface area (Å²) in [6.07, 6.45) is 0. The third-order valence-corrected chi connectivity index (χ3v) is 1.31. The van der Waals surface area contributed by atoms with Gasteiger partial charge in [0.05, 0.1) is 7.11 Å². The van der Waals surface area contributed by atoms with E-state index in [9.17, 15) is 0 Å². The monoisotopic (exact) mass is 156 g/mol. The second kappa shape index (κ2) is 3.49. The Kier molecular flexibility index (Phi) is 2.59. The molecule has 3 heteroatoms. The molecule has 0 saturated carbocycles. The fourth-order valence-corrected chi connectivity index (χ4v) is 0.747. The van der Waals surface area contributed by atoms with Gasteiger partial charge in [0.15, 0.2) is 5.75 Å². The maximum absolute atomic E-state index is 4.73. The van der Waals surface area contributed by atoms with Crippen molar-refractivity contribution in [2.45, 2.75) is 4.90 Å². The van der Waals surface area contributed by atoms with Crippen LogP contribution in [0, 0.1) is 0 Å². The summed E-state index contributed by atoms with van der Waals surface area (Å²) in [5, 5.41) is 0. The molecule has 0 radical (unpaired) electrons. The van der Waals surface area contributed by atoms with Gasteiger partial charge in [-0.3, -0.25) is 0 Å². The van der Waals surface area contributed by atoms with Crippen LogP contribution < -0.4 is 4.89 Å². The predicted octanol–water partition coefficient (Wildman–Crippen LogP) is 1.92. The zero-order chi connectivity index (χ0) is 7.40. The van der Waals surface area contributed by atoms with Gasteiger partial charge in [-0.1, -0.05) is 0 Å². The van der Waals surface area contributed by atoms with Crippen LogP contribution in [0.4, 0.5) is 0 Å². The highest BCUT2D eigenvalue weighted by atomic mass is 32.1. The molecular formula is C7H8O2S. The van der Waals surface area contributed by atoms with Gasteiger partial charge in [-0.15, -0.1) is 12.6 Å². The van der Waals surface area contributed by atoms with E-state index in [0.717, 1.165) is 4.90 Å². The lowest BCUT2D eigenvalue weighted by molar-refractivity contribution is -0.178. The van der Waals surface area contributed by atoms with Crippen LogP contribution in [0.3, 0.4) is 0 Å². The van der Waals surface area contributed by atoms with E-state index in [4.69, 9.17) is 4.89 Å². The molecule has 2 nitrogen and oxygen atoms in total. The molecule has 0 aliphatic rings. The molecule has 0 aliphatic heterocycles. The Morgan fingerprint density at radius 3 is 2.30 bits per heavy atom. The van der Waals surface area contributed by atoms with Gasteiger partial charge < -0.3 is 4.89 Å². The zero-order valence-corrected chi connectivity index (χ0v) is 6.47. The minimum atomic E-state index is 0.681. The molecule has 1 aromatic rings. The Labute approximate surface area is 65.1 Å². The summed E-state index contributed by atoms with van der Waals surface area (Å²) >= 11 is 4.10. The molecule has 1 rings (SSSR count). The van der Waals surface area contributed by atoms with Gasteiger partial charge >= 0.3 is 0 Å². The minimum absolute atomic E-state index is 0.681. The summed E-state index contributed by atoms with van der Waals surface area (Å²) < 4.78 is 0. The minimum Gasteiger partial charge on any atom is -0.338 e. The maximum Gasteiger partial charge on any atom is 0.165 e. The van der Waals surface area contributed by atoms with Crippen LogP contribution >= 0.6 is 12.6 Å². The first-order valence-corrected chi connectivity index (χ1v) is 3.27. The van der Waals surface area contributed by atoms with Gasteiger partial charge in [0, 0.05) is 4.90 Å². The van der Waals surface area contributed by atoms with E-state index in [1.54, 1.807) is 12.1 Å². The molecule has 0 heterocycles. The molecule has 0 N–H and O–H groups in total. The Morgan fingerprint density at radius 2 is 1.80 bits per heavy atom. The van der Waals surface area contributed by atoms with Gasteiger partial charge in [0.2, 0.25) is 0 Å². The number of rotatable bonds is 2. The standard InChI is InChI=1S/C7H8O2S/c1-8-9-6-2-4-7(10)5-3-6/h2-5,10H,1H3. The molecule has 10 heavy (non-hydrogen) atoms. The summed E-state index contributed by atoms with van der Waals surface area (Å²) in [5.74, 6) is 0.681. The number of benzene rings is 1. The quantitative estimate of drug-likeness (QED) is 0.400. The zero-order valence-electron chi connectivity index (χ0n) is 5.57. The van der Waals surface area contributed by atoms with Gasteiger partial charge in [-0.25, -0.2) is 0 Å². The molecule has 0 fully saturated rings. The van der Waals surface area contributed by atoms with Gasteiger partial charge in [-0.2, -0.15) is 4.89 Å². The molecule has 0 aliphatic carbocycles. The van der Waals surface area contributed by atoms with Crippen molar-refractivity contribution in [1.82, 2.24) is 0 Å². The largest absolute Gasteiger partial charge is 0.338 e. The lowest BCUT2D eigenvalue weighted by Crippen LogP contribution is -1.88. The second-order valence-electron chi connectivity index (χ2n) is 1.74. The van der Waals surface area contributed by atoms with Crippen LogP contribution in [0.2, 0.25) is 0 Å². The highest BCUT2D eigenvalue weighted by Crippen LogP contribution is 2.13. The van der Waals surface area contributed by atoms with E-state index in [1.165, 1.54) is 7.11 Å². The van der Waals surface area contributed by atoms with E-state index < -0.39 is 0 Å². The average Bonchev–Trinajstić information content (AvgIpc) is 1.95. The molecule has 0 amide bonds. The van der Waals surface area contributed by atoms with Crippen molar-refractivity contribution in [3.8, 4) is 5.75 Å². The van der Waals surface area contributed by atoms with Crippen molar-refractivity contribution in [2.75, 3.05) is 7.11 Å². The number of hydrogen-bond acceptors (Lipinski definition) is 3. The maximum atomic E-state index is 4.73. The fraction of sp³-hybridized carbons (Fsp3) is 0.143. The second-order valence-corrected chi connectivity index (χ2v) is 2.26. The van der Waals surface area contributed by atoms with Crippen LogP contribution in [-0.4, -0.2) is 7.11 Å². The Bertz CT molecular complexity index is 195. The average molecular weight is 156 g/mol. The molecule has 0 saturated heterocycles. The summed E-state index contributed by atoms with van der Waals surface area (Å²) in [6.45, 7) is 0. The van der Waals surface area contributed by atoms with Crippen LogP contribution in [0.25, 0.3) is 0 Å². The SMILES string of the molecule is COOc1ccc(S)cc1. The van der Waals surface area contributed by atoms with Crippen LogP contribution in [0.1, 0.15) is 0 Å². The number of thiol groups is 1. The third kappa shape index (κ3) is 1.93. The van der Waals surface area contributed by atoms with Crippen molar-refractivity contribution in [3.63, 3.8) is 0 Å². The van der Waals surface area contributed by atoms with E-state index in [2.05, 4.69) is 17.5 Å². The van der Waals surface area contributed by atoms with Crippen molar-refractivity contribution < 1.29 is 9.78 Å². The smallest absolute Gasteiger partial charge is 0.165 e. The van der Waals surface area contributed by atoms with Gasteiger partial charge in [0.1, 0.15) is 0 Å². The summed E-state index contributed by atoms with van der Waals surface area (Å²) in [5.41, 5.74) is 0. The lowest BCUT2D eigenvalue weighted by atomic mass is 10.3. The van der Waals surface area contributed by atoms with E-state index >= 15 is 0 Å². The van der Waals surface area contributed by atoms with Gasteiger partial charge in [0.25, 0.3) is 0 Å². The molecule has 0 bridgehead atoms. The summed E-state index contributed by atoms with van der Waals surface area (Å²) in [4.78, 5) is 10.1. The van der Waals surface area contributed by atoms with Crippen LogP contribution in [0.15, 0.2) is 29.2 Å². The van der Waals surface area contributed by atoms with Crippen molar-refractivity contribution in [2.24, 2.45) is 0 Å². The molecule has 0 aromatic heterocycles. The highest BCUT2D eigenvalue weighted by Gasteiger charge is 1.90. The first kappa shape index (κ1) is 7.44. The topological polar surface area (TPSA) is 18.5 Å². The molecule has 54 valence electrons. The molecule has 0 atom stereocenters. The molecule has 0 spiro atoms. The van der Waals surface area contributed by atoms with E-state index in [-0.39, 0.29) is 0 Å². The van der Waals surface area contributed by atoms with Gasteiger partial charge in [-0.05, 0) is 24.3 Å². The van der Waals surface area contributed by atoms with Crippen molar-refractivity contribution >= 4 is 12.6 Å². The molecular weight excluding hydrogens is 148 g/mol. The highest BCUT2D eigenvalue weighted by molar-refractivity contribution is 7.80. The molecule has 1 aromatic carbocycles. The summed E-state index contributed by atoms with van der Waals surface area (Å²) in [6, 6.07) is 7.23.